The number of benzene rings is 1. The Morgan fingerprint density at radius 2 is 1.80 bits per heavy atom. The largest absolute Gasteiger partial charge is 0.493 e. The first-order valence-electron chi connectivity index (χ1n) is 8.45. The number of methoxy groups -OCH3 is 2. The first-order chi connectivity index (χ1) is 12.0. The summed E-state index contributed by atoms with van der Waals surface area (Å²) in [5.74, 6) is 0.638. The summed E-state index contributed by atoms with van der Waals surface area (Å²) in [5.41, 5.74) is 0. The van der Waals surface area contributed by atoms with E-state index in [0.29, 0.717) is 11.5 Å². The quantitative estimate of drug-likeness (QED) is 0.767. The van der Waals surface area contributed by atoms with Crippen LogP contribution in [0, 0.1) is 0 Å². The number of amides is 2. The van der Waals surface area contributed by atoms with Crippen LogP contribution in [0.25, 0.3) is 0 Å². The second-order valence-corrected chi connectivity index (χ2v) is 8.18. The molecule has 8 heteroatoms. The third kappa shape index (κ3) is 5.52. The van der Waals surface area contributed by atoms with Gasteiger partial charge in [0.2, 0.25) is 0 Å². The number of carbonyl (C=O) groups is 1. The molecule has 1 aromatic rings. The zero-order valence-corrected chi connectivity index (χ0v) is 15.5. The highest BCUT2D eigenvalue weighted by Crippen LogP contribution is 2.29. The van der Waals surface area contributed by atoms with Crippen molar-refractivity contribution in [3.63, 3.8) is 0 Å². The molecule has 0 aliphatic heterocycles. The molecule has 7 nitrogen and oxygen atoms in total. The molecule has 0 spiro atoms. The first kappa shape index (κ1) is 19.4. The summed E-state index contributed by atoms with van der Waals surface area (Å²) in [7, 11) is -0.588. The topological polar surface area (TPSA) is 93.7 Å². The first-order valence-corrected chi connectivity index (χ1v) is 10.1. The summed E-state index contributed by atoms with van der Waals surface area (Å²) in [4.78, 5) is 12.0. The van der Waals surface area contributed by atoms with Gasteiger partial charge in [-0.25, -0.2) is 13.2 Å². The molecule has 0 saturated heterocycles. The van der Waals surface area contributed by atoms with Crippen molar-refractivity contribution in [1.82, 2.24) is 10.6 Å². The van der Waals surface area contributed by atoms with E-state index < -0.39 is 9.84 Å². The lowest BCUT2D eigenvalue weighted by molar-refractivity contribution is 0.233. The van der Waals surface area contributed by atoms with Crippen molar-refractivity contribution in [3.05, 3.63) is 18.2 Å². The van der Waals surface area contributed by atoms with Crippen LogP contribution in [-0.4, -0.2) is 47.0 Å². The van der Waals surface area contributed by atoms with Crippen LogP contribution in [0.5, 0.6) is 11.5 Å². The second-order valence-electron chi connectivity index (χ2n) is 6.07. The summed E-state index contributed by atoms with van der Waals surface area (Å²) >= 11 is 0. The molecule has 1 fully saturated rings. The van der Waals surface area contributed by atoms with E-state index in [-0.39, 0.29) is 29.3 Å². The van der Waals surface area contributed by atoms with Crippen LogP contribution < -0.4 is 20.1 Å². The minimum atomic E-state index is -3.52. The van der Waals surface area contributed by atoms with Crippen molar-refractivity contribution in [2.75, 3.05) is 26.5 Å². The molecule has 2 amide bonds. The Labute approximate surface area is 149 Å². The Morgan fingerprint density at radius 1 is 1.12 bits per heavy atom. The Morgan fingerprint density at radius 3 is 2.44 bits per heavy atom. The molecule has 0 heterocycles. The Hall–Kier alpha value is -1.96. The average Bonchev–Trinajstić information content (AvgIpc) is 2.61. The zero-order chi connectivity index (χ0) is 18.3. The van der Waals surface area contributed by atoms with Gasteiger partial charge in [-0.1, -0.05) is 19.3 Å². The monoisotopic (exact) mass is 370 g/mol. The maximum atomic E-state index is 12.4. The predicted molar refractivity (Wildman–Crippen MR) is 95.0 cm³/mol. The molecule has 1 aliphatic rings. The van der Waals surface area contributed by atoms with Gasteiger partial charge in [-0.15, -0.1) is 0 Å². The highest BCUT2D eigenvalue weighted by molar-refractivity contribution is 7.91. The van der Waals surface area contributed by atoms with Crippen LogP contribution in [0.3, 0.4) is 0 Å². The van der Waals surface area contributed by atoms with Crippen LogP contribution in [0.1, 0.15) is 32.1 Å². The number of nitrogens with one attached hydrogen (secondary N) is 2. The highest BCUT2D eigenvalue weighted by atomic mass is 32.2. The van der Waals surface area contributed by atoms with Crippen LogP contribution in [0.15, 0.2) is 23.1 Å². The molecule has 0 radical (unpaired) electrons. The van der Waals surface area contributed by atoms with Crippen molar-refractivity contribution in [2.45, 2.75) is 43.0 Å². The molecule has 1 aliphatic carbocycles. The van der Waals surface area contributed by atoms with E-state index >= 15 is 0 Å². The maximum absolute atomic E-state index is 12.4. The van der Waals surface area contributed by atoms with Crippen LogP contribution in [0.2, 0.25) is 0 Å². The van der Waals surface area contributed by atoms with E-state index in [2.05, 4.69) is 10.6 Å². The van der Waals surface area contributed by atoms with Crippen molar-refractivity contribution >= 4 is 15.9 Å². The van der Waals surface area contributed by atoms with Crippen molar-refractivity contribution < 1.29 is 22.7 Å². The van der Waals surface area contributed by atoms with Gasteiger partial charge in [-0.3, -0.25) is 0 Å². The smallest absolute Gasteiger partial charge is 0.315 e. The van der Waals surface area contributed by atoms with Gasteiger partial charge in [-0.2, -0.15) is 0 Å². The molecule has 0 bridgehead atoms. The Bertz CT molecular complexity index is 684. The van der Waals surface area contributed by atoms with E-state index in [1.165, 1.54) is 32.8 Å². The fraction of sp³-hybridized carbons (Fsp3) is 0.588. The van der Waals surface area contributed by atoms with Gasteiger partial charge in [0.1, 0.15) is 0 Å². The number of ether oxygens (including phenoxy) is 2. The van der Waals surface area contributed by atoms with Crippen molar-refractivity contribution in [1.29, 1.82) is 0 Å². The molecule has 140 valence electrons. The summed E-state index contributed by atoms with van der Waals surface area (Å²) in [6.07, 6.45) is 5.43. The number of rotatable bonds is 7. The zero-order valence-electron chi connectivity index (χ0n) is 14.7. The van der Waals surface area contributed by atoms with Gasteiger partial charge in [0.05, 0.1) is 24.9 Å². The van der Waals surface area contributed by atoms with E-state index in [9.17, 15) is 13.2 Å². The van der Waals surface area contributed by atoms with E-state index in [1.807, 2.05) is 0 Å². The second kappa shape index (κ2) is 8.94. The highest BCUT2D eigenvalue weighted by Gasteiger charge is 2.19. The lowest BCUT2D eigenvalue weighted by Gasteiger charge is -2.22. The summed E-state index contributed by atoms with van der Waals surface area (Å²) in [6.45, 7) is 0.0508. The minimum Gasteiger partial charge on any atom is -0.493 e. The Kier molecular flexibility index (Phi) is 6.92. The fourth-order valence-electron chi connectivity index (χ4n) is 2.91. The molecular formula is C17H26N2O5S. The molecule has 0 atom stereocenters. The number of hydrogen-bond acceptors (Lipinski definition) is 5. The van der Waals surface area contributed by atoms with Crippen molar-refractivity contribution in [3.8, 4) is 11.5 Å². The van der Waals surface area contributed by atoms with Gasteiger partial charge in [0.15, 0.2) is 21.3 Å². The van der Waals surface area contributed by atoms with E-state index in [4.69, 9.17) is 9.47 Å². The molecule has 2 N–H and O–H groups in total. The molecule has 1 saturated carbocycles. The number of hydrogen-bond donors (Lipinski definition) is 2. The van der Waals surface area contributed by atoms with Crippen LogP contribution in [0.4, 0.5) is 4.79 Å². The molecule has 0 unspecified atom stereocenters. The van der Waals surface area contributed by atoms with Gasteiger partial charge in [-0.05, 0) is 25.0 Å². The molecule has 1 aromatic carbocycles. The van der Waals surface area contributed by atoms with Gasteiger partial charge in [0.25, 0.3) is 0 Å². The predicted octanol–water partition coefficient (Wildman–Crippen LogP) is 2.11. The minimum absolute atomic E-state index is 0.0508. The molecular weight excluding hydrogens is 344 g/mol. The Balaban J connectivity index is 1.87. The lowest BCUT2D eigenvalue weighted by Crippen LogP contribution is -2.44. The molecule has 0 aromatic heterocycles. The molecule has 25 heavy (non-hydrogen) atoms. The normalized spacial score (nSPS) is 15.4. The van der Waals surface area contributed by atoms with E-state index in [0.717, 1.165) is 25.7 Å². The summed E-state index contributed by atoms with van der Waals surface area (Å²) < 4.78 is 35.0. The third-order valence-electron chi connectivity index (χ3n) is 4.31. The van der Waals surface area contributed by atoms with Gasteiger partial charge in [0, 0.05) is 18.7 Å². The third-order valence-corrected chi connectivity index (χ3v) is 6.02. The number of sulfone groups is 1. The van der Waals surface area contributed by atoms with Crippen LogP contribution >= 0.6 is 0 Å². The fourth-order valence-corrected chi connectivity index (χ4v) is 4.08. The maximum Gasteiger partial charge on any atom is 0.315 e. The van der Waals surface area contributed by atoms with Crippen LogP contribution in [-0.2, 0) is 9.84 Å². The van der Waals surface area contributed by atoms with E-state index in [1.54, 1.807) is 6.07 Å². The average molecular weight is 370 g/mol. The number of urea groups is 1. The SMILES string of the molecule is COc1ccc(S(=O)(=O)CCNC(=O)NC2CCCCC2)cc1OC. The van der Waals surface area contributed by atoms with Gasteiger partial charge >= 0.3 is 6.03 Å². The van der Waals surface area contributed by atoms with Gasteiger partial charge < -0.3 is 20.1 Å². The number of carbonyl (C=O) groups excluding carboxylic acids is 1. The van der Waals surface area contributed by atoms with Crippen molar-refractivity contribution in [2.24, 2.45) is 0 Å². The standard InChI is InChI=1S/C17H26N2O5S/c1-23-15-9-8-14(12-16(15)24-2)25(21,22)11-10-18-17(20)19-13-6-4-3-5-7-13/h8-9,12-13H,3-7,10-11H2,1-2H3,(H2,18,19,20). The summed E-state index contributed by atoms with van der Waals surface area (Å²) in [5, 5.41) is 5.52. The molecule has 2 rings (SSSR count). The summed E-state index contributed by atoms with van der Waals surface area (Å²) in [6, 6.07) is 4.33. The lowest BCUT2D eigenvalue weighted by atomic mass is 9.96.